The number of hydrogen-bond donors (Lipinski definition) is 0. The molecule has 130 valence electrons. The fraction of sp³-hybridized carbons (Fsp3) is 0.909. The highest BCUT2D eigenvalue weighted by molar-refractivity contribution is 6.20. The Morgan fingerprint density at radius 2 is 1.91 bits per heavy atom. The van der Waals surface area contributed by atoms with Crippen molar-refractivity contribution in [2.75, 3.05) is 0 Å². The zero-order valence-corrected chi connectivity index (χ0v) is 16.0. The Morgan fingerprint density at radius 3 is 2.70 bits per heavy atom. The fourth-order valence-electron chi connectivity index (χ4n) is 7.84. The molecule has 0 heterocycles. The van der Waals surface area contributed by atoms with Crippen LogP contribution in [0.4, 0.5) is 0 Å². The smallest absolute Gasteiger partial charge is 0.0370 e. The molecule has 1 heteroatoms. The average Bonchev–Trinajstić information content (AvgIpc) is 2.91. The van der Waals surface area contributed by atoms with Crippen LogP contribution in [0, 0.1) is 40.4 Å². The maximum absolute atomic E-state index is 6.78. The van der Waals surface area contributed by atoms with Gasteiger partial charge in [-0.3, -0.25) is 0 Å². The van der Waals surface area contributed by atoms with Crippen LogP contribution in [0.1, 0.15) is 78.1 Å². The first-order chi connectivity index (χ1) is 11.0. The van der Waals surface area contributed by atoms with Gasteiger partial charge in [0, 0.05) is 5.38 Å². The molecule has 4 aliphatic rings. The standard InChI is InChI=1S/C22H35Cl/c1-4-6-15-14-22(3)16(13-20(15)23)8-9-17-18-7-5-11-21(18,2)12-10-19(17)22/h4,15-20H,1,5-14H2,2-3H3/t15?,16?,17-,18-,19+,20?,21-,22-/m0/s1. The highest BCUT2D eigenvalue weighted by atomic mass is 35.5. The summed E-state index contributed by atoms with van der Waals surface area (Å²) in [4.78, 5) is 0. The van der Waals surface area contributed by atoms with Crippen molar-refractivity contribution in [1.29, 1.82) is 0 Å². The average molecular weight is 335 g/mol. The molecule has 0 aromatic rings. The molecule has 0 N–H and O–H groups in total. The lowest BCUT2D eigenvalue weighted by molar-refractivity contribution is -0.112. The van der Waals surface area contributed by atoms with E-state index in [9.17, 15) is 0 Å². The SMILES string of the molecule is C=CCC1C[C@@]2(C)C(CC[C@@H]3[C@H]2CC[C@]2(C)CCC[C@@H]32)CC1Cl. The molecule has 23 heavy (non-hydrogen) atoms. The zero-order chi connectivity index (χ0) is 16.2. The third-order valence-electron chi connectivity index (χ3n) is 9.04. The van der Waals surface area contributed by atoms with E-state index in [-0.39, 0.29) is 0 Å². The quantitative estimate of drug-likeness (QED) is 0.383. The Bertz CT molecular complexity index is 471. The van der Waals surface area contributed by atoms with Gasteiger partial charge in [0.1, 0.15) is 0 Å². The van der Waals surface area contributed by atoms with Crippen molar-refractivity contribution < 1.29 is 0 Å². The van der Waals surface area contributed by atoms with Crippen LogP contribution in [0.5, 0.6) is 0 Å². The molecule has 4 fully saturated rings. The van der Waals surface area contributed by atoms with Gasteiger partial charge in [-0.05, 0) is 98.2 Å². The number of rotatable bonds is 2. The van der Waals surface area contributed by atoms with E-state index < -0.39 is 0 Å². The molecule has 4 aliphatic carbocycles. The lowest BCUT2D eigenvalue weighted by atomic mass is 9.44. The van der Waals surface area contributed by atoms with Crippen molar-refractivity contribution in [2.45, 2.75) is 83.4 Å². The molecule has 0 spiro atoms. The summed E-state index contributed by atoms with van der Waals surface area (Å²) in [6, 6.07) is 0. The van der Waals surface area contributed by atoms with Crippen molar-refractivity contribution in [3.05, 3.63) is 12.7 Å². The summed E-state index contributed by atoms with van der Waals surface area (Å²) >= 11 is 6.78. The van der Waals surface area contributed by atoms with Gasteiger partial charge >= 0.3 is 0 Å². The van der Waals surface area contributed by atoms with Gasteiger partial charge in [-0.15, -0.1) is 18.2 Å². The van der Waals surface area contributed by atoms with Crippen molar-refractivity contribution in [2.24, 2.45) is 40.4 Å². The zero-order valence-electron chi connectivity index (χ0n) is 15.2. The second kappa shape index (κ2) is 5.79. The molecule has 3 unspecified atom stereocenters. The molecular weight excluding hydrogens is 300 g/mol. The Morgan fingerprint density at radius 1 is 1.09 bits per heavy atom. The summed E-state index contributed by atoms with van der Waals surface area (Å²) in [6.07, 6.45) is 16.3. The van der Waals surface area contributed by atoms with Gasteiger partial charge in [-0.2, -0.15) is 0 Å². The first kappa shape index (κ1) is 16.5. The third-order valence-corrected chi connectivity index (χ3v) is 9.57. The molecule has 4 rings (SSSR count). The minimum atomic E-state index is 0.392. The predicted octanol–water partition coefficient (Wildman–Crippen LogP) is 6.83. The lowest BCUT2D eigenvalue weighted by Crippen LogP contribution is -2.54. The minimum Gasteiger partial charge on any atom is -0.123 e. The first-order valence-electron chi connectivity index (χ1n) is 10.2. The summed E-state index contributed by atoms with van der Waals surface area (Å²) in [6.45, 7) is 9.27. The molecule has 0 radical (unpaired) electrons. The number of hydrogen-bond acceptors (Lipinski definition) is 0. The summed E-state index contributed by atoms with van der Waals surface area (Å²) in [7, 11) is 0. The Kier molecular flexibility index (Phi) is 4.15. The molecule has 0 nitrogen and oxygen atoms in total. The van der Waals surface area contributed by atoms with Gasteiger partial charge in [-0.1, -0.05) is 26.3 Å². The van der Waals surface area contributed by atoms with Crippen LogP contribution in [-0.4, -0.2) is 5.38 Å². The molecule has 0 aromatic carbocycles. The van der Waals surface area contributed by atoms with Gasteiger partial charge in [0.15, 0.2) is 0 Å². The number of alkyl halides is 1. The van der Waals surface area contributed by atoms with E-state index in [1.165, 1.54) is 57.8 Å². The second-order valence-corrected chi connectivity index (χ2v) is 10.5. The molecule has 0 aromatic heterocycles. The Hall–Kier alpha value is 0.0300. The summed E-state index contributed by atoms with van der Waals surface area (Å²) in [5, 5.41) is 0.392. The van der Waals surface area contributed by atoms with Crippen molar-refractivity contribution in [3.63, 3.8) is 0 Å². The molecule has 0 saturated heterocycles. The predicted molar refractivity (Wildman–Crippen MR) is 99.7 cm³/mol. The van der Waals surface area contributed by atoms with E-state index in [0.29, 0.717) is 22.1 Å². The summed E-state index contributed by atoms with van der Waals surface area (Å²) < 4.78 is 0. The van der Waals surface area contributed by atoms with Crippen LogP contribution in [0.3, 0.4) is 0 Å². The largest absolute Gasteiger partial charge is 0.123 e. The normalized spacial score (nSPS) is 55.6. The lowest BCUT2D eigenvalue weighted by Gasteiger charge is -2.61. The highest BCUT2D eigenvalue weighted by Crippen LogP contribution is 2.67. The third kappa shape index (κ3) is 2.45. The molecule has 0 amide bonds. The van der Waals surface area contributed by atoms with Crippen LogP contribution in [0.2, 0.25) is 0 Å². The van der Waals surface area contributed by atoms with Crippen LogP contribution >= 0.6 is 11.6 Å². The van der Waals surface area contributed by atoms with E-state index in [1.807, 2.05) is 0 Å². The monoisotopic (exact) mass is 334 g/mol. The Labute approximate surface area is 148 Å². The van der Waals surface area contributed by atoms with E-state index in [2.05, 4.69) is 26.5 Å². The van der Waals surface area contributed by atoms with Crippen LogP contribution in [0.15, 0.2) is 12.7 Å². The maximum Gasteiger partial charge on any atom is 0.0370 e. The van der Waals surface area contributed by atoms with Crippen LogP contribution < -0.4 is 0 Å². The van der Waals surface area contributed by atoms with Crippen molar-refractivity contribution in [3.8, 4) is 0 Å². The first-order valence-corrected chi connectivity index (χ1v) is 10.7. The molecule has 0 aliphatic heterocycles. The highest BCUT2D eigenvalue weighted by Gasteiger charge is 2.58. The van der Waals surface area contributed by atoms with E-state index >= 15 is 0 Å². The van der Waals surface area contributed by atoms with E-state index in [1.54, 1.807) is 0 Å². The topological polar surface area (TPSA) is 0 Å². The van der Waals surface area contributed by atoms with Crippen molar-refractivity contribution in [1.82, 2.24) is 0 Å². The van der Waals surface area contributed by atoms with Gasteiger partial charge in [0.25, 0.3) is 0 Å². The number of fused-ring (bicyclic) bond motifs is 5. The Balaban J connectivity index is 1.61. The number of halogens is 1. The number of allylic oxidation sites excluding steroid dienone is 1. The molecular formula is C22H35Cl. The van der Waals surface area contributed by atoms with Gasteiger partial charge in [0.2, 0.25) is 0 Å². The van der Waals surface area contributed by atoms with Gasteiger partial charge in [-0.25, -0.2) is 0 Å². The summed E-state index contributed by atoms with van der Waals surface area (Å²) in [5.41, 5.74) is 1.25. The fourth-order valence-corrected chi connectivity index (χ4v) is 8.24. The minimum absolute atomic E-state index is 0.392. The second-order valence-electron chi connectivity index (χ2n) is 9.98. The van der Waals surface area contributed by atoms with Crippen LogP contribution in [0.25, 0.3) is 0 Å². The van der Waals surface area contributed by atoms with Crippen LogP contribution in [-0.2, 0) is 0 Å². The van der Waals surface area contributed by atoms with E-state index in [0.717, 1.165) is 30.1 Å². The van der Waals surface area contributed by atoms with Crippen molar-refractivity contribution >= 4 is 11.6 Å². The molecule has 8 atom stereocenters. The van der Waals surface area contributed by atoms with E-state index in [4.69, 9.17) is 11.6 Å². The summed E-state index contributed by atoms with van der Waals surface area (Å²) in [5.74, 6) is 4.59. The molecule has 4 saturated carbocycles. The molecule has 0 bridgehead atoms. The van der Waals surface area contributed by atoms with Gasteiger partial charge in [0.05, 0.1) is 0 Å². The maximum atomic E-state index is 6.78. The van der Waals surface area contributed by atoms with Gasteiger partial charge < -0.3 is 0 Å².